The van der Waals surface area contributed by atoms with Crippen molar-refractivity contribution in [2.45, 2.75) is 46.3 Å². The molecule has 0 spiro atoms. The first kappa shape index (κ1) is 24.1. The van der Waals surface area contributed by atoms with Crippen molar-refractivity contribution in [3.63, 3.8) is 0 Å². The molecule has 0 aliphatic carbocycles. The fraction of sp³-hybridized carbons (Fsp3) is 0.304. The Bertz CT molecular complexity index is 829. The van der Waals surface area contributed by atoms with Gasteiger partial charge >= 0.3 is 0 Å². The molecule has 1 aromatic heterocycles. The summed E-state index contributed by atoms with van der Waals surface area (Å²) >= 11 is 0. The molecule has 0 aliphatic heterocycles. The van der Waals surface area contributed by atoms with Gasteiger partial charge in [0.1, 0.15) is 0 Å². The summed E-state index contributed by atoms with van der Waals surface area (Å²) in [6.45, 7) is 7.25. The Morgan fingerprint density at radius 3 is 2.04 bits per heavy atom. The SMILES string of the molecule is CC(O)CC(C)O.Cc1cnc(-c2[c-]cc(-c3ccccc3)cc2)c(C)n1.[Ir]. The van der Waals surface area contributed by atoms with Crippen LogP contribution in [0.4, 0.5) is 0 Å². The summed E-state index contributed by atoms with van der Waals surface area (Å²) in [5.41, 5.74) is 6.11. The van der Waals surface area contributed by atoms with Crippen LogP contribution in [0.3, 0.4) is 0 Å². The van der Waals surface area contributed by atoms with Crippen molar-refractivity contribution in [2.24, 2.45) is 0 Å². The second-order valence-electron chi connectivity index (χ2n) is 6.74. The number of nitrogens with zero attached hydrogens (tertiary/aromatic N) is 2. The second kappa shape index (κ2) is 11.8. The standard InChI is InChI=1S/C18H15N2.C5H12O2.Ir/c1-13-12-19-18(14(2)20-13)17-10-8-16(9-11-17)15-6-4-3-5-7-15;1-4(6)3-5(2)7;/h3-10,12H,1-2H3;4-7H,3H2,1-2H3;/q-1;;. The largest absolute Gasteiger partial charge is 0.393 e. The predicted molar refractivity (Wildman–Crippen MR) is 109 cm³/mol. The third-order valence-corrected chi connectivity index (χ3v) is 3.92. The van der Waals surface area contributed by atoms with Gasteiger partial charge < -0.3 is 15.2 Å². The number of aliphatic hydroxyl groups is 2. The molecule has 2 aromatic carbocycles. The van der Waals surface area contributed by atoms with Gasteiger partial charge in [-0.25, -0.2) is 0 Å². The van der Waals surface area contributed by atoms with Gasteiger partial charge in [-0.05, 0) is 34.1 Å². The van der Waals surface area contributed by atoms with Crippen molar-refractivity contribution in [3.8, 4) is 22.4 Å². The van der Waals surface area contributed by atoms with E-state index in [1.54, 1.807) is 20.0 Å². The van der Waals surface area contributed by atoms with Gasteiger partial charge in [-0.15, -0.1) is 29.8 Å². The van der Waals surface area contributed by atoms with Crippen LogP contribution in [0, 0.1) is 19.9 Å². The molecule has 1 heterocycles. The average Bonchev–Trinajstić information content (AvgIpc) is 2.62. The number of benzene rings is 2. The van der Waals surface area contributed by atoms with Gasteiger partial charge in [-0.2, -0.15) is 0 Å². The fourth-order valence-electron chi connectivity index (χ4n) is 2.74. The second-order valence-corrected chi connectivity index (χ2v) is 6.74. The summed E-state index contributed by atoms with van der Waals surface area (Å²) in [6.07, 6.45) is 1.52. The van der Waals surface area contributed by atoms with Crippen molar-refractivity contribution in [1.29, 1.82) is 0 Å². The van der Waals surface area contributed by atoms with Crippen molar-refractivity contribution in [1.82, 2.24) is 9.97 Å². The van der Waals surface area contributed by atoms with Gasteiger partial charge in [0.05, 0.1) is 17.9 Å². The summed E-state index contributed by atoms with van der Waals surface area (Å²) in [7, 11) is 0. The van der Waals surface area contributed by atoms with Crippen LogP contribution in [0.15, 0.2) is 54.7 Å². The number of aromatic nitrogens is 2. The molecule has 0 saturated carbocycles. The van der Waals surface area contributed by atoms with E-state index in [2.05, 4.69) is 40.3 Å². The van der Waals surface area contributed by atoms with Gasteiger partial charge in [-0.1, -0.05) is 41.5 Å². The topological polar surface area (TPSA) is 66.2 Å². The molecule has 0 aliphatic rings. The first-order valence-corrected chi connectivity index (χ1v) is 9.10. The first-order chi connectivity index (χ1) is 12.9. The third kappa shape index (κ3) is 7.61. The summed E-state index contributed by atoms with van der Waals surface area (Å²) in [5.74, 6) is 0. The van der Waals surface area contributed by atoms with Gasteiger partial charge in [0.25, 0.3) is 0 Å². The van der Waals surface area contributed by atoms with E-state index in [1.165, 1.54) is 5.56 Å². The Balaban J connectivity index is 0.000000425. The van der Waals surface area contributed by atoms with E-state index in [4.69, 9.17) is 10.2 Å². The maximum atomic E-state index is 8.56. The van der Waals surface area contributed by atoms with E-state index in [1.807, 2.05) is 38.1 Å². The Kier molecular flexibility index (Phi) is 10.2. The number of aliphatic hydroxyl groups excluding tert-OH is 2. The van der Waals surface area contributed by atoms with Crippen molar-refractivity contribution in [2.75, 3.05) is 0 Å². The zero-order valence-corrected chi connectivity index (χ0v) is 19.1. The molecule has 3 aromatic rings. The molecule has 0 bridgehead atoms. The molecule has 1 radical (unpaired) electrons. The minimum Gasteiger partial charge on any atom is -0.393 e. The molecule has 0 saturated heterocycles. The Labute approximate surface area is 181 Å². The van der Waals surface area contributed by atoms with Crippen LogP contribution in [0.2, 0.25) is 0 Å². The maximum Gasteiger partial charge on any atom is 0.0539 e. The number of aryl methyl sites for hydroxylation is 2. The van der Waals surface area contributed by atoms with Crippen LogP contribution in [-0.2, 0) is 20.1 Å². The Morgan fingerprint density at radius 2 is 1.57 bits per heavy atom. The van der Waals surface area contributed by atoms with E-state index >= 15 is 0 Å². The van der Waals surface area contributed by atoms with Crippen LogP contribution in [0.5, 0.6) is 0 Å². The zero-order valence-electron chi connectivity index (χ0n) is 16.7. The molecule has 5 heteroatoms. The summed E-state index contributed by atoms with van der Waals surface area (Å²) in [6, 6.07) is 19.8. The first-order valence-electron chi connectivity index (χ1n) is 9.10. The molecule has 151 valence electrons. The zero-order chi connectivity index (χ0) is 19.8. The number of hydrogen-bond acceptors (Lipinski definition) is 4. The summed E-state index contributed by atoms with van der Waals surface area (Å²) in [5, 5.41) is 17.1. The Hall–Kier alpha value is -1.91. The van der Waals surface area contributed by atoms with Gasteiger partial charge in [0, 0.05) is 37.7 Å². The summed E-state index contributed by atoms with van der Waals surface area (Å²) in [4.78, 5) is 8.90. The minimum absolute atomic E-state index is 0. The molecule has 3 rings (SSSR count). The molecule has 28 heavy (non-hydrogen) atoms. The van der Waals surface area contributed by atoms with E-state index in [0.29, 0.717) is 6.42 Å². The molecular formula is C23H27IrN2O2-. The monoisotopic (exact) mass is 556 g/mol. The van der Waals surface area contributed by atoms with Crippen LogP contribution >= 0.6 is 0 Å². The Morgan fingerprint density at radius 1 is 0.929 bits per heavy atom. The smallest absolute Gasteiger partial charge is 0.0539 e. The van der Waals surface area contributed by atoms with E-state index in [-0.39, 0.29) is 32.3 Å². The molecular weight excluding hydrogens is 528 g/mol. The van der Waals surface area contributed by atoms with Crippen molar-refractivity contribution in [3.05, 3.63) is 72.2 Å². The quantitative estimate of drug-likeness (QED) is 0.470. The molecule has 0 fully saturated rings. The molecule has 4 nitrogen and oxygen atoms in total. The van der Waals surface area contributed by atoms with Crippen LogP contribution in [0.25, 0.3) is 22.4 Å². The predicted octanol–water partition coefficient (Wildman–Crippen LogP) is 4.36. The minimum atomic E-state index is -0.375. The summed E-state index contributed by atoms with van der Waals surface area (Å²) < 4.78 is 0. The fourth-order valence-corrected chi connectivity index (χ4v) is 2.74. The normalized spacial score (nSPS) is 12.2. The van der Waals surface area contributed by atoms with Gasteiger partial charge in [0.15, 0.2) is 0 Å². The van der Waals surface area contributed by atoms with Crippen molar-refractivity contribution < 1.29 is 30.3 Å². The van der Waals surface area contributed by atoms with Crippen molar-refractivity contribution >= 4 is 0 Å². The van der Waals surface area contributed by atoms with Crippen LogP contribution in [-0.4, -0.2) is 32.4 Å². The van der Waals surface area contributed by atoms with E-state index in [0.717, 1.165) is 28.2 Å². The van der Waals surface area contributed by atoms with Crippen LogP contribution in [0.1, 0.15) is 31.7 Å². The molecule has 2 atom stereocenters. The van der Waals surface area contributed by atoms with E-state index in [9.17, 15) is 0 Å². The van der Waals surface area contributed by atoms with Gasteiger partial charge in [0.2, 0.25) is 0 Å². The molecule has 2 unspecified atom stereocenters. The van der Waals surface area contributed by atoms with E-state index < -0.39 is 0 Å². The van der Waals surface area contributed by atoms with Gasteiger partial charge in [-0.3, -0.25) is 4.98 Å². The van der Waals surface area contributed by atoms with Crippen LogP contribution < -0.4 is 0 Å². The maximum absolute atomic E-state index is 8.56. The molecule has 0 amide bonds. The number of hydrogen-bond donors (Lipinski definition) is 2. The average molecular weight is 556 g/mol. The third-order valence-electron chi connectivity index (χ3n) is 3.92. The molecule has 2 N–H and O–H groups in total. The number of rotatable bonds is 4.